The average Bonchev–Trinajstić information content (AvgIpc) is 3.21. The van der Waals surface area contributed by atoms with E-state index in [1.54, 1.807) is 30.3 Å². The normalized spacial score (nSPS) is 15.7. The van der Waals surface area contributed by atoms with E-state index < -0.39 is 10.1 Å². The van der Waals surface area contributed by atoms with Crippen molar-refractivity contribution in [3.05, 3.63) is 47.5 Å². The van der Waals surface area contributed by atoms with Crippen LogP contribution in [0.3, 0.4) is 0 Å². The largest absolute Gasteiger partial charge is 0.368 e. The van der Waals surface area contributed by atoms with Gasteiger partial charge in [0.2, 0.25) is 35.7 Å². The molecule has 0 saturated carbocycles. The lowest BCUT2D eigenvalue weighted by Gasteiger charge is -2.35. The lowest BCUT2D eigenvalue weighted by Crippen LogP contribution is -2.48. The Hall–Kier alpha value is -5.02. The molecule has 24 heteroatoms. The molecule has 2 aromatic carbocycles. The summed E-state index contributed by atoms with van der Waals surface area (Å²) in [6.07, 6.45) is 3.12. The molecule has 0 radical (unpaired) electrons. The Bertz CT molecular complexity index is 2200. The second-order valence-electron chi connectivity index (χ2n) is 14.7. The van der Waals surface area contributed by atoms with Gasteiger partial charge in [-0.15, -0.1) is 4.33 Å². The zero-order valence-electron chi connectivity index (χ0n) is 34.0. The summed E-state index contributed by atoms with van der Waals surface area (Å²) >= 11 is 0.699. The fourth-order valence-electron chi connectivity index (χ4n) is 6.47. The SMILES string of the molecule is CN(C)CCN1CCN(c2nc(N)nc(Nc3ccc(C=Cc4ccc(Nc5nc(N)nc(N6CCN(CCN(C)C)CC6)n5)cc4S(=O)(=O)O)c(SOOO)c3)n2)CC1. The number of nitrogen functional groups attached to an aromatic ring is 2. The number of nitrogens with two attached hydrogens (primary N) is 2. The molecule has 2 fully saturated rings. The Morgan fingerprint density at radius 2 is 1.18 bits per heavy atom. The molecule has 6 rings (SSSR count). The van der Waals surface area contributed by atoms with Crippen LogP contribution in [0, 0.1) is 0 Å². The molecule has 0 amide bonds. The summed E-state index contributed by atoms with van der Waals surface area (Å²) in [7, 11) is 3.50. The molecule has 2 aliphatic heterocycles. The number of benzene rings is 2. The van der Waals surface area contributed by atoms with Crippen LogP contribution in [0.4, 0.5) is 47.1 Å². The molecular formula is C36H52N16O6S2. The van der Waals surface area contributed by atoms with E-state index in [1.165, 1.54) is 18.2 Å². The minimum Gasteiger partial charge on any atom is -0.368 e. The zero-order chi connectivity index (χ0) is 42.8. The fraction of sp³-hybridized carbons (Fsp3) is 0.444. The molecule has 8 N–H and O–H groups in total. The highest BCUT2D eigenvalue weighted by atomic mass is 32.2. The van der Waals surface area contributed by atoms with E-state index in [0.29, 0.717) is 53.2 Å². The molecule has 2 aliphatic rings. The Labute approximate surface area is 353 Å². The van der Waals surface area contributed by atoms with Crippen LogP contribution in [0.25, 0.3) is 12.2 Å². The number of aromatic nitrogens is 6. The molecule has 0 spiro atoms. The van der Waals surface area contributed by atoms with Gasteiger partial charge < -0.3 is 41.7 Å². The Balaban J connectivity index is 1.15. The topological polar surface area (TPSA) is 266 Å². The van der Waals surface area contributed by atoms with E-state index in [9.17, 15) is 13.0 Å². The quantitative estimate of drug-likeness (QED) is 0.0274. The van der Waals surface area contributed by atoms with Gasteiger partial charge in [-0.1, -0.05) is 29.3 Å². The summed E-state index contributed by atoms with van der Waals surface area (Å²) in [6.45, 7) is 10.2. The summed E-state index contributed by atoms with van der Waals surface area (Å²) < 4.78 is 40.3. The van der Waals surface area contributed by atoms with Crippen LogP contribution in [0.5, 0.6) is 0 Å². The minimum atomic E-state index is -4.71. The van der Waals surface area contributed by atoms with Crippen molar-refractivity contribution in [3.8, 4) is 0 Å². The van der Waals surface area contributed by atoms with Crippen molar-refractivity contribution in [2.45, 2.75) is 9.79 Å². The van der Waals surface area contributed by atoms with E-state index in [0.717, 1.165) is 65.4 Å². The van der Waals surface area contributed by atoms with Crippen molar-refractivity contribution in [1.29, 1.82) is 0 Å². The first-order valence-corrected chi connectivity index (χ1v) is 21.3. The maximum atomic E-state index is 12.6. The first-order valence-electron chi connectivity index (χ1n) is 19.1. The van der Waals surface area contributed by atoms with Gasteiger partial charge in [0.25, 0.3) is 10.1 Å². The van der Waals surface area contributed by atoms with Crippen LogP contribution in [0.2, 0.25) is 0 Å². The summed E-state index contributed by atoms with van der Waals surface area (Å²) in [5.74, 6) is 1.26. The molecule has 0 unspecified atom stereocenters. The molecule has 4 heterocycles. The van der Waals surface area contributed by atoms with Gasteiger partial charge in [0.1, 0.15) is 4.90 Å². The van der Waals surface area contributed by atoms with Gasteiger partial charge in [-0.05, 0) is 63.6 Å². The van der Waals surface area contributed by atoms with Crippen LogP contribution in [-0.4, -0.2) is 174 Å². The zero-order valence-corrected chi connectivity index (χ0v) is 35.6. The number of anilines is 8. The molecule has 0 aliphatic carbocycles. The van der Waals surface area contributed by atoms with Crippen LogP contribution >= 0.6 is 12.0 Å². The van der Waals surface area contributed by atoms with Gasteiger partial charge in [0.15, 0.2) is 0 Å². The predicted molar refractivity (Wildman–Crippen MR) is 232 cm³/mol. The number of nitrogens with zero attached hydrogens (tertiary/aromatic N) is 12. The van der Waals surface area contributed by atoms with Gasteiger partial charge in [-0.2, -0.15) is 38.3 Å². The third-order valence-electron chi connectivity index (χ3n) is 9.73. The first-order chi connectivity index (χ1) is 28.7. The predicted octanol–water partition coefficient (Wildman–Crippen LogP) is 1.92. The monoisotopic (exact) mass is 868 g/mol. The highest BCUT2D eigenvalue weighted by Crippen LogP contribution is 2.31. The Kier molecular flexibility index (Phi) is 15.2. The number of rotatable bonds is 18. The summed E-state index contributed by atoms with van der Waals surface area (Å²) in [4.78, 5) is 39.5. The Morgan fingerprint density at radius 1 is 0.717 bits per heavy atom. The van der Waals surface area contributed by atoms with E-state index >= 15 is 0 Å². The maximum Gasteiger partial charge on any atom is 0.295 e. The smallest absolute Gasteiger partial charge is 0.295 e. The highest BCUT2D eigenvalue weighted by Gasteiger charge is 2.23. The summed E-state index contributed by atoms with van der Waals surface area (Å²) in [5, 5.41) is 18.9. The van der Waals surface area contributed by atoms with Crippen molar-refractivity contribution in [3.63, 3.8) is 0 Å². The van der Waals surface area contributed by atoms with Crippen molar-refractivity contribution in [2.75, 3.05) is 139 Å². The van der Waals surface area contributed by atoms with Gasteiger partial charge in [0.05, 0.1) is 12.0 Å². The van der Waals surface area contributed by atoms with Gasteiger partial charge >= 0.3 is 0 Å². The van der Waals surface area contributed by atoms with Crippen molar-refractivity contribution >= 4 is 81.4 Å². The number of hydrogen-bond donors (Lipinski definition) is 6. The van der Waals surface area contributed by atoms with E-state index in [2.05, 4.69) is 84.2 Å². The molecule has 324 valence electrons. The standard InChI is InChI=1S/C36H52N16O6S2/c1-47(2)11-13-49-15-19-51(20-16-49)35-43-31(37)41-33(45-35)39-27-9-7-25(29(23-27)59-58-57-53)5-6-26-8-10-28(24-30(26)60(54,55)56)40-34-42-32(38)44-36(46-34)52-21-17-50(18-22-52)14-12-48(3)4/h5-10,23-24,53H,11-22H2,1-4H3,(H,54,55,56)(H3,37,39,41,43,45)(H3,38,40,42,44,46). The van der Waals surface area contributed by atoms with Crippen LogP contribution in [-0.2, 0) is 19.5 Å². The van der Waals surface area contributed by atoms with Crippen molar-refractivity contribution in [2.24, 2.45) is 0 Å². The maximum absolute atomic E-state index is 12.6. The second kappa shape index (κ2) is 20.5. The van der Waals surface area contributed by atoms with Gasteiger partial charge in [-0.3, -0.25) is 14.4 Å². The first kappa shape index (κ1) is 44.5. The molecule has 22 nitrogen and oxygen atoms in total. The number of nitrogens with one attached hydrogen (secondary N) is 2. The van der Waals surface area contributed by atoms with Gasteiger partial charge in [0, 0.05) is 94.8 Å². The third kappa shape index (κ3) is 12.7. The average molecular weight is 869 g/mol. The number of hydrogen-bond acceptors (Lipinski definition) is 22. The molecular weight excluding hydrogens is 817 g/mol. The highest BCUT2D eigenvalue weighted by molar-refractivity contribution is 7.94. The van der Waals surface area contributed by atoms with E-state index in [-0.39, 0.29) is 39.9 Å². The summed E-state index contributed by atoms with van der Waals surface area (Å²) in [5.41, 5.74) is 13.7. The minimum absolute atomic E-state index is 0.0000885. The number of piperazine rings is 2. The van der Waals surface area contributed by atoms with Crippen molar-refractivity contribution < 1.29 is 27.6 Å². The third-order valence-corrected chi connectivity index (χ3v) is 11.3. The van der Waals surface area contributed by atoms with E-state index in [4.69, 9.17) is 21.1 Å². The summed E-state index contributed by atoms with van der Waals surface area (Å²) in [6, 6.07) is 9.54. The lowest BCUT2D eigenvalue weighted by molar-refractivity contribution is -0.432. The molecule has 2 saturated heterocycles. The van der Waals surface area contributed by atoms with Gasteiger partial charge in [-0.25, -0.2) is 5.26 Å². The van der Waals surface area contributed by atoms with E-state index in [1.807, 2.05) is 19.0 Å². The Morgan fingerprint density at radius 3 is 1.65 bits per heavy atom. The number of likely N-dealkylation sites (N-methyl/N-ethyl adjacent to an activating group) is 2. The second-order valence-corrected chi connectivity index (χ2v) is 16.8. The van der Waals surface area contributed by atoms with Crippen LogP contribution in [0.1, 0.15) is 11.1 Å². The van der Waals surface area contributed by atoms with Crippen LogP contribution < -0.4 is 31.9 Å². The fourth-order valence-corrected chi connectivity index (χ4v) is 7.69. The molecule has 0 bridgehead atoms. The molecule has 4 aromatic rings. The van der Waals surface area contributed by atoms with Crippen molar-refractivity contribution in [1.82, 2.24) is 49.5 Å². The van der Waals surface area contributed by atoms with Crippen LogP contribution in [0.15, 0.2) is 46.2 Å². The molecule has 0 atom stereocenters. The molecule has 60 heavy (non-hydrogen) atoms. The molecule has 2 aromatic heterocycles. The lowest BCUT2D eigenvalue weighted by atomic mass is 10.1.